The Hall–Kier alpha value is -2.19. The van der Waals surface area contributed by atoms with Gasteiger partial charge in [-0.05, 0) is 25.0 Å². The number of hydrogen-bond acceptors (Lipinski definition) is 5. The number of aromatic nitrogens is 3. The number of amides is 1. The Morgan fingerprint density at radius 2 is 2.17 bits per heavy atom. The Labute approximate surface area is 134 Å². The molecule has 0 bridgehead atoms. The van der Waals surface area contributed by atoms with E-state index in [2.05, 4.69) is 15.0 Å². The molecule has 23 heavy (non-hydrogen) atoms. The topological polar surface area (TPSA) is 102 Å². The van der Waals surface area contributed by atoms with Gasteiger partial charge in [0, 0.05) is 36.9 Å². The van der Waals surface area contributed by atoms with Crippen molar-refractivity contribution in [1.29, 1.82) is 0 Å². The number of nitrogens with one attached hydrogen (secondary N) is 1. The number of carbonyl (C=O) groups is 1. The van der Waals surface area contributed by atoms with Gasteiger partial charge in [-0.25, -0.2) is 4.98 Å². The molecule has 2 aromatic heterocycles. The highest BCUT2D eigenvalue weighted by Gasteiger charge is 2.31. The number of hydrogen-bond donors (Lipinski definition) is 3. The van der Waals surface area contributed by atoms with Gasteiger partial charge in [-0.1, -0.05) is 0 Å². The molecule has 1 saturated heterocycles. The molecule has 8 heteroatoms. The molecular weight excluding hydrogens is 295 g/mol. The summed E-state index contributed by atoms with van der Waals surface area (Å²) >= 11 is 0. The molecule has 1 aliphatic heterocycles. The molecule has 3 rings (SSSR count). The number of likely N-dealkylation sites (tertiary alicyclic amines) is 1. The minimum Gasteiger partial charge on any atom is -0.427 e. The average molecular weight is 314 g/mol. The van der Waals surface area contributed by atoms with Crippen molar-refractivity contribution in [1.82, 2.24) is 19.9 Å². The minimum atomic E-state index is -1.38. The van der Waals surface area contributed by atoms with Crippen molar-refractivity contribution >= 4 is 13.0 Å². The summed E-state index contributed by atoms with van der Waals surface area (Å²) in [6.07, 6.45) is 7.20. The summed E-state index contributed by atoms with van der Waals surface area (Å²) in [6.45, 7) is 0.661. The zero-order valence-electron chi connectivity index (χ0n) is 12.7. The van der Waals surface area contributed by atoms with Crippen LogP contribution in [0.3, 0.4) is 0 Å². The molecule has 1 amide bonds. The summed E-state index contributed by atoms with van der Waals surface area (Å²) in [5.41, 5.74) is 1.81. The van der Waals surface area contributed by atoms with Crippen molar-refractivity contribution < 1.29 is 14.8 Å². The van der Waals surface area contributed by atoms with E-state index in [1.165, 1.54) is 0 Å². The van der Waals surface area contributed by atoms with Gasteiger partial charge in [-0.15, -0.1) is 0 Å². The number of carbonyl (C=O) groups excluding carboxylic acids is 1. The van der Waals surface area contributed by atoms with Crippen molar-refractivity contribution in [3.8, 4) is 11.3 Å². The fraction of sp³-hybridized carbons (Fsp3) is 0.400. The van der Waals surface area contributed by atoms with Crippen LogP contribution in [0.5, 0.6) is 0 Å². The van der Waals surface area contributed by atoms with Crippen LogP contribution in [0.25, 0.3) is 11.3 Å². The molecule has 3 N–H and O–H groups in total. The molecule has 0 radical (unpaired) electrons. The van der Waals surface area contributed by atoms with Crippen molar-refractivity contribution in [2.24, 2.45) is 0 Å². The highest BCUT2D eigenvalue weighted by Crippen LogP contribution is 2.22. The van der Waals surface area contributed by atoms with Gasteiger partial charge in [0.05, 0.1) is 18.3 Å². The third-order valence-electron chi connectivity index (χ3n) is 4.12. The lowest BCUT2D eigenvalue weighted by Gasteiger charge is -2.24. The van der Waals surface area contributed by atoms with E-state index in [9.17, 15) is 4.79 Å². The molecule has 1 atom stereocenters. The zero-order valence-corrected chi connectivity index (χ0v) is 12.7. The first-order valence-electron chi connectivity index (χ1n) is 7.73. The first-order chi connectivity index (χ1) is 11.1. The third-order valence-corrected chi connectivity index (χ3v) is 4.12. The molecule has 3 heterocycles. The molecule has 0 unspecified atom stereocenters. The average Bonchev–Trinajstić information content (AvgIpc) is 3.17. The maximum Gasteiger partial charge on any atom is 0.453 e. The fourth-order valence-electron chi connectivity index (χ4n) is 3.03. The molecule has 0 aromatic carbocycles. The Balaban J connectivity index is 1.65. The summed E-state index contributed by atoms with van der Waals surface area (Å²) in [7, 11) is -1.38. The van der Waals surface area contributed by atoms with Gasteiger partial charge in [0.1, 0.15) is 5.82 Å². The molecule has 7 nitrogen and oxygen atoms in total. The number of H-pyrrole nitrogens is 1. The summed E-state index contributed by atoms with van der Waals surface area (Å²) in [6, 6.07) is 3.65. The van der Waals surface area contributed by atoms with Crippen LogP contribution in [0, 0.1) is 0 Å². The van der Waals surface area contributed by atoms with Crippen molar-refractivity contribution in [2.45, 2.75) is 31.6 Å². The monoisotopic (exact) mass is 314 g/mol. The van der Waals surface area contributed by atoms with Gasteiger partial charge in [0.15, 0.2) is 0 Å². The Bertz CT molecular complexity index is 662. The SMILES string of the molecule is O=C(Cc1ncc(-c2ccncc2)[nH]1)N1CCC[C@H]1CB(O)O. The predicted molar refractivity (Wildman–Crippen MR) is 85.3 cm³/mol. The lowest BCUT2D eigenvalue weighted by atomic mass is 9.81. The Morgan fingerprint density at radius 3 is 2.91 bits per heavy atom. The van der Waals surface area contributed by atoms with E-state index in [1.54, 1.807) is 23.5 Å². The Morgan fingerprint density at radius 1 is 1.39 bits per heavy atom. The maximum absolute atomic E-state index is 12.4. The highest BCUT2D eigenvalue weighted by atomic mass is 16.4. The van der Waals surface area contributed by atoms with E-state index in [4.69, 9.17) is 10.0 Å². The van der Waals surface area contributed by atoms with E-state index in [0.717, 1.165) is 24.1 Å². The normalized spacial score (nSPS) is 17.5. The minimum absolute atomic E-state index is 0.0382. The van der Waals surface area contributed by atoms with Gasteiger partial charge in [-0.3, -0.25) is 9.78 Å². The predicted octanol–water partition coefficient (Wildman–Crippen LogP) is 0.478. The number of aromatic amines is 1. The van der Waals surface area contributed by atoms with E-state index in [-0.39, 0.29) is 24.7 Å². The van der Waals surface area contributed by atoms with E-state index in [0.29, 0.717) is 12.4 Å². The van der Waals surface area contributed by atoms with Gasteiger partial charge in [-0.2, -0.15) is 0 Å². The second-order valence-electron chi connectivity index (χ2n) is 5.76. The van der Waals surface area contributed by atoms with Crippen LogP contribution >= 0.6 is 0 Å². The first-order valence-corrected chi connectivity index (χ1v) is 7.73. The number of nitrogens with zero attached hydrogens (tertiary/aromatic N) is 3. The first kappa shape index (κ1) is 15.7. The molecule has 2 aromatic rings. The van der Waals surface area contributed by atoms with Crippen molar-refractivity contribution in [2.75, 3.05) is 6.54 Å². The standard InChI is InChI=1S/C15H19BN4O3/c21-15(20-7-1-2-12(20)9-16(22)23)8-14-18-10-13(19-14)11-3-5-17-6-4-11/h3-6,10,12,22-23H,1-2,7-9H2,(H,18,19)/t12-/m0/s1. The van der Waals surface area contributed by atoms with Crippen LogP contribution in [-0.4, -0.2) is 55.5 Å². The van der Waals surface area contributed by atoms with E-state index in [1.807, 2.05) is 12.1 Å². The summed E-state index contributed by atoms with van der Waals surface area (Å²) < 4.78 is 0. The van der Waals surface area contributed by atoms with E-state index < -0.39 is 7.12 Å². The van der Waals surface area contributed by atoms with Gasteiger partial charge in [0.2, 0.25) is 5.91 Å². The van der Waals surface area contributed by atoms with Crippen LogP contribution in [0.15, 0.2) is 30.7 Å². The van der Waals surface area contributed by atoms with Crippen LogP contribution in [0.1, 0.15) is 18.7 Å². The molecule has 0 spiro atoms. The second-order valence-corrected chi connectivity index (χ2v) is 5.76. The van der Waals surface area contributed by atoms with Crippen molar-refractivity contribution in [3.05, 3.63) is 36.5 Å². The summed E-state index contributed by atoms with van der Waals surface area (Å²) in [4.78, 5) is 25.6. The fourth-order valence-corrected chi connectivity index (χ4v) is 3.03. The van der Waals surface area contributed by atoms with Gasteiger partial charge < -0.3 is 19.9 Å². The maximum atomic E-state index is 12.4. The third kappa shape index (κ3) is 3.78. The quantitative estimate of drug-likeness (QED) is 0.697. The Kier molecular flexibility index (Phi) is 4.73. The molecular formula is C15H19BN4O3. The largest absolute Gasteiger partial charge is 0.453 e. The molecule has 120 valence electrons. The zero-order chi connectivity index (χ0) is 16.2. The lowest BCUT2D eigenvalue weighted by Crippen LogP contribution is -2.39. The second kappa shape index (κ2) is 6.93. The number of imidazole rings is 1. The molecule has 0 aliphatic carbocycles. The highest BCUT2D eigenvalue weighted by molar-refractivity contribution is 6.41. The van der Waals surface area contributed by atoms with Gasteiger partial charge >= 0.3 is 7.12 Å². The van der Waals surface area contributed by atoms with Crippen molar-refractivity contribution in [3.63, 3.8) is 0 Å². The summed E-state index contributed by atoms with van der Waals surface area (Å²) in [5.74, 6) is 0.570. The smallest absolute Gasteiger partial charge is 0.427 e. The molecule has 1 aliphatic rings. The van der Waals surface area contributed by atoms with E-state index >= 15 is 0 Å². The van der Waals surface area contributed by atoms with Crippen LogP contribution in [0.2, 0.25) is 6.32 Å². The van der Waals surface area contributed by atoms with Gasteiger partial charge in [0.25, 0.3) is 0 Å². The van der Waals surface area contributed by atoms with Crippen LogP contribution in [0.4, 0.5) is 0 Å². The lowest BCUT2D eigenvalue weighted by molar-refractivity contribution is -0.131. The number of rotatable bonds is 5. The van der Waals surface area contributed by atoms with Crippen LogP contribution in [-0.2, 0) is 11.2 Å². The molecule has 0 saturated carbocycles. The number of pyridine rings is 1. The van der Waals surface area contributed by atoms with Crippen LogP contribution < -0.4 is 0 Å². The molecule has 1 fully saturated rings. The summed E-state index contributed by atoms with van der Waals surface area (Å²) in [5, 5.41) is 18.3.